The molecule has 0 atom stereocenters. The van der Waals surface area contributed by atoms with Crippen LogP contribution in [-0.4, -0.2) is 25.6 Å². The molecule has 0 aliphatic rings. The SMILES string of the molecule is CC(C)(C)n1c(CCCC(=O)O)nc2cnccc21. The summed E-state index contributed by atoms with van der Waals surface area (Å²) >= 11 is 0. The first-order chi connectivity index (χ1) is 8.89. The molecule has 0 aliphatic heterocycles. The largest absolute Gasteiger partial charge is 0.481 e. The van der Waals surface area contributed by atoms with Gasteiger partial charge in [-0.3, -0.25) is 9.78 Å². The van der Waals surface area contributed by atoms with Crippen LogP contribution in [0.3, 0.4) is 0 Å². The molecule has 2 heterocycles. The van der Waals surface area contributed by atoms with Crippen molar-refractivity contribution in [2.45, 2.75) is 45.6 Å². The maximum absolute atomic E-state index is 10.6. The fourth-order valence-electron chi connectivity index (χ4n) is 2.30. The number of carbonyl (C=O) groups is 1. The molecule has 0 saturated heterocycles. The Balaban J connectivity index is 2.39. The number of aromatic nitrogens is 3. The number of aryl methyl sites for hydroxylation is 1. The fourth-order valence-corrected chi connectivity index (χ4v) is 2.30. The van der Waals surface area contributed by atoms with E-state index in [-0.39, 0.29) is 12.0 Å². The van der Waals surface area contributed by atoms with Gasteiger partial charge in [0.1, 0.15) is 11.3 Å². The molecule has 5 heteroatoms. The summed E-state index contributed by atoms with van der Waals surface area (Å²) < 4.78 is 2.17. The predicted molar refractivity (Wildman–Crippen MR) is 73.1 cm³/mol. The first-order valence-electron chi connectivity index (χ1n) is 6.43. The zero-order valence-electron chi connectivity index (χ0n) is 11.6. The maximum atomic E-state index is 10.6. The van der Waals surface area contributed by atoms with Gasteiger partial charge in [-0.05, 0) is 33.3 Å². The third kappa shape index (κ3) is 2.92. The van der Waals surface area contributed by atoms with Crippen LogP contribution in [0.1, 0.15) is 39.4 Å². The molecule has 19 heavy (non-hydrogen) atoms. The lowest BCUT2D eigenvalue weighted by Gasteiger charge is -2.24. The summed E-state index contributed by atoms with van der Waals surface area (Å²) in [4.78, 5) is 19.3. The third-order valence-corrected chi connectivity index (χ3v) is 2.99. The summed E-state index contributed by atoms with van der Waals surface area (Å²) in [6.45, 7) is 6.36. The molecule has 0 unspecified atom stereocenters. The van der Waals surface area contributed by atoms with Crippen LogP contribution in [0.4, 0.5) is 0 Å². The normalized spacial score (nSPS) is 11.9. The lowest BCUT2D eigenvalue weighted by molar-refractivity contribution is -0.137. The van der Waals surface area contributed by atoms with E-state index >= 15 is 0 Å². The quantitative estimate of drug-likeness (QED) is 0.918. The second kappa shape index (κ2) is 4.99. The molecule has 2 rings (SSSR count). The fraction of sp³-hybridized carbons (Fsp3) is 0.500. The van der Waals surface area contributed by atoms with Gasteiger partial charge in [0, 0.05) is 24.6 Å². The van der Waals surface area contributed by atoms with Gasteiger partial charge in [0.2, 0.25) is 0 Å². The van der Waals surface area contributed by atoms with Crippen molar-refractivity contribution in [3.8, 4) is 0 Å². The zero-order valence-corrected chi connectivity index (χ0v) is 11.6. The first-order valence-corrected chi connectivity index (χ1v) is 6.43. The van der Waals surface area contributed by atoms with Crippen LogP contribution in [-0.2, 0) is 16.8 Å². The predicted octanol–water partition coefficient (Wildman–Crippen LogP) is 2.59. The van der Waals surface area contributed by atoms with Crippen molar-refractivity contribution in [2.24, 2.45) is 0 Å². The van der Waals surface area contributed by atoms with E-state index in [4.69, 9.17) is 5.11 Å². The molecule has 0 bridgehead atoms. The number of nitrogens with zero attached hydrogens (tertiary/aromatic N) is 3. The van der Waals surface area contributed by atoms with E-state index in [9.17, 15) is 4.79 Å². The molecule has 0 amide bonds. The van der Waals surface area contributed by atoms with E-state index in [0.29, 0.717) is 12.8 Å². The standard InChI is InChI=1S/C14H19N3O2/c1-14(2,3)17-11-7-8-15-9-10(11)16-12(17)5-4-6-13(18)19/h7-9H,4-6H2,1-3H3,(H,18,19). The Morgan fingerprint density at radius 1 is 1.42 bits per heavy atom. The van der Waals surface area contributed by atoms with Gasteiger partial charge in [-0.15, -0.1) is 0 Å². The summed E-state index contributed by atoms with van der Waals surface area (Å²) in [6, 6.07) is 1.95. The number of hydrogen-bond donors (Lipinski definition) is 1. The monoisotopic (exact) mass is 261 g/mol. The van der Waals surface area contributed by atoms with Crippen LogP contribution in [0.25, 0.3) is 11.0 Å². The minimum absolute atomic E-state index is 0.0886. The highest BCUT2D eigenvalue weighted by atomic mass is 16.4. The van der Waals surface area contributed by atoms with Gasteiger partial charge < -0.3 is 9.67 Å². The Labute approximate surface area is 112 Å². The highest BCUT2D eigenvalue weighted by Gasteiger charge is 2.21. The van der Waals surface area contributed by atoms with Gasteiger partial charge in [0.05, 0.1) is 11.7 Å². The Kier molecular flexibility index (Phi) is 3.55. The highest BCUT2D eigenvalue weighted by Crippen LogP contribution is 2.25. The van der Waals surface area contributed by atoms with Crippen LogP contribution in [0.15, 0.2) is 18.5 Å². The van der Waals surface area contributed by atoms with Gasteiger partial charge in [-0.25, -0.2) is 4.98 Å². The number of carboxylic acids is 1. The Morgan fingerprint density at radius 3 is 2.79 bits per heavy atom. The number of imidazole rings is 1. The van der Waals surface area contributed by atoms with Crippen molar-refractivity contribution in [1.29, 1.82) is 0 Å². The van der Waals surface area contributed by atoms with Crippen molar-refractivity contribution in [1.82, 2.24) is 14.5 Å². The third-order valence-electron chi connectivity index (χ3n) is 2.99. The molecule has 102 valence electrons. The molecule has 0 aromatic carbocycles. The Hall–Kier alpha value is -1.91. The molecule has 0 saturated carbocycles. The van der Waals surface area contributed by atoms with E-state index in [1.54, 1.807) is 12.4 Å². The first kappa shape index (κ1) is 13.5. The van der Waals surface area contributed by atoms with Crippen molar-refractivity contribution in [3.63, 3.8) is 0 Å². The topological polar surface area (TPSA) is 68.0 Å². The molecular weight excluding hydrogens is 242 g/mol. The van der Waals surface area contributed by atoms with Crippen molar-refractivity contribution >= 4 is 17.0 Å². The van der Waals surface area contributed by atoms with Crippen LogP contribution in [0.2, 0.25) is 0 Å². The number of rotatable bonds is 4. The smallest absolute Gasteiger partial charge is 0.303 e. The van der Waals surface area contributed by atoms with Gasteiger partial charge in [0.25, 0.3) is 0 Å². The molecule has 0 fully saturated rings. The molecule has 5 nitrogen and oxygen atoms in total. The summed E-state index contributed by atoms with van der Waals surface area (Å²) in [7, 11) is 0. The minimum Gasteiger partial charge on any atom is -0.481 e. The molecule has 1 N–H and O–H groups in total. The van der Waals surface area contributed by atoms with Gasteiger partial charge in [0.15, 0.2) is 0 Å². The van der Waals surface area contributed by atoms with E-state index < -0.39 is 5.97 Å². The number of carboxylic acid groups (broad SMARTS) is 1. The maximum Gasteiger partial charge on any atom is 0.303 e. The van der Waals surface area contributed by atoms with E-state index in [0.717, 1.165) is 16.9 Å². The van der Waals surface area contributed by atoms with Gasteiger partial charge in [-0.1, -0.05) is 0 Å². The minimum atomic E-state index is -0.764. The van der Waals surface area contributed by atoms with E-state index in [2.05, 4.69) is 35.3 Å². The van der Waals surface area contributed by atoms with Crippen molar-refractivity contribution in [3.05, 3.63) is 24.3 Å². The summed E-state index contributed by atoms with van der Waals surface area (Å²) in [5.74, 6) is 0.164. The van der Waals surface area contributed by atoms with E-state index in [1.807, 2.05) is 6.07 Å². The number of fused-ring (bicyclic) bond motifs is 1. The molecule has 2 aromatic heterocycles. The lowest BCUT2D eigenvalue weighted by atomic mass is 10.1. The van der Waals surface area contributed by atoms with Gasteiger partial charge >= 0.3 is 5.97 Å². The Morgan fingerprint density at radius 2 is 2.16 bits per heavy atom. The van der Waals surface area contributed by atoms with Crippen LogP contribution >= 0.6 is 0 Å². The average molecular weight is 261 g/mol. The molecular formula is C14H19N3O2. The molecule has 0 aliphatic carbocycles. The second-order valence-electron chi connectivity index (χ2n) is 5.65. The number of pyridine rings is 1. The van der Waals surface area contributed by atoms with Crippen molar-refractivity contribution < 1.29 is 9.90 Å². The number of hydrogen-bond acceptors (Lipinski definition) is 3. The summed E-state index contributed by atoms with van der Waals surface area (Å²) in [6.07, 6.45) is 4.94. The molecule has 0 spiro atoms. The van der Waals surface area contributed by atoms with Crippen molar-refractivity contribution in [2.75, 3.05) is 0 Å². The average Bonchev–Trinajstić information content (AvgIpc) is 2.66. The second-order valence-corrected chi connectivity index (χ2v) is 5.65. The van der Waals surface area contributed by atoms with Crippen LogP contribution in [0.5, 0.6) is 0 Å². The lowest BCUT2D eigenvalue weighted by Crippen LogP contribution is -2.24. The zero-order chi connectivity index (χ0) is 14.0. The van der Waals surface area contributed by atoms with Gasteiger partial charge in [-0.2, -0.15) is 0 Å². The summed E-state index contributed by atoms with van der Waals surface area (Å²) in [5.41, 5.74) is 1.82. The highest BCUT2D eigenvalue weighted by molar-refractivity contribution is 5.75. The van der Waals surface area contributed by atoms with Crippen LogP contribution in [0, 0.1) is 0 Å². The van der Waals surface area contributed by atoms with Crippen LogP contribution < -0.4 is 0 Å². The molecule has 0 radical (unpaired) electrons. The Bertz CT molecular complexity index is 596. The number of aliphatic carboxylic acids is 1. The molecule has 2 aromatic rings. The van der Waals surface area contributed by atoms with E-state index in [1.165, 1.54) is 0 Å². The summed E-state index contributed by atoms with van der Waals surface area (Å²) in [5, 5.41) is 8.72.